The smallest absolute Gasteiger partial charge is 0.315 e. The minimum absolute atomic E-state index is 0.0572. The van der Waals surface area contributed by atoms with Gasteiger partial charge in [0, 0.05) is 51.0 Å². The maximum Gasteiger partial charge on any atom is 0.315 e. The summed E-state index contributed by atoms with van der Waals surface area (Å²) in [4.78, 5) is 21.0. The van der Waals surface area contributed by atoms with Gasteiger partial charge in [0.05, 0.1) is 31.1 Å². The predicted molar refractivity (Wildman–Crippen MR) is 125 cm³/mol. The molecular formula is C24H32FN5O3. The number of urea groups is 1. The number of anilines is 2. The van der Waals surface area contributed by atoms with E-state index in [2.05, 4.69) is 20.5 Å². The molecular weight excluding hydrogens is 425 g/mol. The fourth-order valence-electron chi connectivity index (χ4n) is 4.34. The first-order valence-electron chi connectivity index (χ1n) is 11.5. The van der Waals surface area contributed by atoms with E-state index in [1.54, 1.807) is 12.3 Å². The van der Waals surface area contributed by atoms with Gasteiger partial charge in [-0.3, -0.25) is 0 Å². The summed E-state index contributed by atoms with van der Waals surface area (Å²) in [5, 5.41) is 5.68. The summed E-state index contributed by atoms with van der Waals surface area (Å²) >= 11 is 0. The number of hydrogen-bond donors (Lipinski definition) is 2. The van der Waals surface area contributed by atoms with E-state index in [4.69, 9.17) is 9.47 Å². The topological polar surface area (TPSA) is 79.0 Å². The van der Waals surface area contributed by atoms with Crippen LogP contribution in [0.2, 0.25) is 0 Å². The zero-order chi connectivity index (χ0) is 23.2. The Balaban J connectivity index is 1.29. The molecule has 2 aliphatic rings. The van der Waals surface area contributed by atoms with Crippen molar-refractivity contribution in [2.24, 2.45) is 0 Å². The van der Waals surface area contributed by atoms with Gasteiger partial charge < -0.3 is 29.9 Å². The number of pyridine rings is 1. The number of nitrogens with zero attached hydrogens (tertiary/aromatic N) is 3. The van der Waals surface area contributed by atoms with Crippen LogP contribution in [0, 0.1) is 5.82 Å². The van der Waals surface area contributed by atoms with Gasteiger partial charge in [0.2, 0.25) is 0 Å². The molecule has 2 N–H and O–H groups in total. The van der Waals surface area contributed by atoms with Crippen molar-refractivity contribution in [2.75, 3.05) is 49.2 Å². The van der Waals surface area contributed by atoms with Crippen molar-refractivity contribution in [1.82, 2.24) is 15.6 Å². The Morgan fingerprint density at radius 1 is 1.09 bits per heavy atom. The molecule has 4 rings (SSSR count). The number of ether oxygens (including phenoxy) is 2. The summed E-state index contributed by atoms with van der Waals surface area (Å²) < 4.78 is 25.9. The van der Waals surface area contributed by atoms with Gasteiger partial charge in [0.1, 0.15) is 11.6 Å². The van der Waals surface area contributed by atoms with Crippen molar-refractivity contribution in [3.05, 3.63) is 53.5 Å². The molecule has 178 valence electrons. The van der Waals surface area contributed by atoms with Crippen LogP contribution in [0.4, 0.5) is 20.7 Å². The zero-order valence-corrected chi connectivity index (χ0v) is 19.2. The van der Waals surface area contributed by atoms with Crippen LogP contribution in [0.15, 0.2) is 36.5 Å². The largest absolute Gasteiger partial charge is 0.378 e. The van der Waals surface area contributed by atoms with Crippen LogP contribution >= 0.6 is 0 Å². The molecule has 2 aromatic rings. The highest BCUT2D eigenvalue weighted by Gasteiger charge is 2.24. The number of carbonyl (C=O) groups is 1. The molecule has 2 saturated heterocycles. The molecule has 0 radical (unpaired) electrons. The van der Waals surface area contributed by atoms with Gasteiger partial charge in [-0.15, -0.1) is 0 Å². The monoisotopic (exact) mass is 457 g/mol. The van der Waals surface area contributed by atoms with E-state index in [0.717, 1.165) is 24.5 Å². The Kier molecular flexibility index (Phi) is 7.61. The summed E-state index contributed by atoms with van der Waals surface area (Å²) in [6.45, 7) is 8.78. The number of hydrogen-bond acceptors (Lipinski definition) is 6. The average Bonchev–Trinajstić information content (AvgIpc) is 2.81. The first-order valence-corrected chi connectivity index (χ1v) is 11.5. The van der Waals surface area contributed by atoms with Gasteiger partial charge in [-0.25, -0.2) is 14.2 Å². The minimum atomic E-state index is -0.313. The highest BCUT2D eigenvalue weighted by molar-refractivity contribution is 5.74. The molecule has 2 aliphatic heterocycles. The molecule has 0 saturated carbocycles. The molecule has 0 aliphatic carbocycles. The highest BCUT2D eigenvalue weighted by atomic mass is 19.1. The van der Waals surface area contributed by atoms with Crippen LogP contribution in [-0.2, 0) is 22.6 Å². The van der Waals surface area contributed by atoms with Gasteiger partial charge in [-0.1, -0.05) is 12.1 Å². The number of halogens is 1. The number of carbonyl (C=O) groups excluding carboxylic acids is 1. The van der Waals surface area contributed by atoms with Crippen LogP contribution in [0.25, 0.3) is 0 Å². The SMILES string of the molecule is CC1CN(c2ccc(CNC(=O)NCc3cccnc3N3CCOCC3)cc2F)CC(C)O1. The maximum atomic E-state index is 14.8. The molecule has 2 amide bonds. The van der Waals surface area contributed by atoms with Crippen molar-refractivity contribution >= 4 is 17.5 Å². The second kappa shape index (κ2) is 10.8. The van der Waals surface area contributed by atoms with Gasteiger partial charge >= 0.3 is 6.03 Å². The second-order valence-electron chi connectivity index (χ2n) is 8.57. The number of benzene rings is 1. The lowest BCUT2D eigenvalue weighted by Crippen LogP contribution is -2.45. The van der Waals surface area contributed by atoms with Gasteiger partial charge in [-0.05, 0) is 37.6 Å². The molecule has 0 bridgehead atoms. The van der Waals surface area contributed by atoms with E-state index >= 15 is 0 Å². The van der Waals surface area contributed by atoms with E-state index in [9.17, 15) is 9.18 Å². The van der Waals surface area contributed by atoms with E-state index < -0.39 is 0 Å². The standard InChI is InChI=1S/C24H32FN5O3/c1-17-15-30(16-18(2)33-17)22-6-5-19(12-21(22)25)13-27-24(31)28-14-20-4-3-7-26-23(20)29-8-10-32-11-9-29/h3-7,12,17-18H,8-11,13-16H2,1-2H3,(H2,27,28,31). The molecule has 3 heterocycles. The van der Waals surface area contributed by atoms with Crippen LogP contribution in [0.5, 0.6) is 0 Å². The van der Waals surface area contributed by atoms with E-state index in [-0.39, 0.29) is 30.6 Å². The fourth-order valence-corrected chi connectivity index (χ4v) is 4.34. The first kappa shape index (κ1) is 23.3. The van der Waals surface area contributed by atoms with Gasteiger partial charge in [0.15, 0.2) is 0 Å². The van der Waals surface area contributed by atoms with Crippen molar-refractivity contribution in [3.8, 4) is 0 Å². The quantitative estimate of drug-likeness (QED) is 0.695. The molecule has 1 aromatic heterocycles. The lowest BCUT2D eigenvalue weighted by atomic mass is 10.1. The Labute approximate surface area is 194 Å². The summed E-state index contributed by atoms with van der Waals surface area (Å²) in [6, 6.07) is 8.61. The third-order valence-electron chi connectivity index (χ3n) is 5.84. The number of nitrogens with one attached hydrogen (secondary N) is 2. The summed E-state index contributed by atoms with van der Waals surface area (Å²) in [5.41, 5.74) is 2.22. The van der Waals surface area contributed by atoms with E-state index in [1.165, 1.54) is 6.07 Å². The maximum absolute atomic E-state index is 14.8. The first-order chi connectivity index (χ1) is 16.0. The number of rotatable bonds is 6. The van der Waals surface area contributed by atoms with Crippen LogP contribution in [-0.4, -0.2) is 62.6 Å². The fraction of sp³-hybridized carbons (Fsp3) is 0.500. The number of amides is 2. The Bertz CT molecular complexity index is 943. The van der Waals surface area contributed by atoms with Crippen molar-refractivity contribution in [3.63, 3.8) is 0 Å². The van der Waals surface area contributed by atoms with Crippen molar-refractivity contribution < 1.29 is 18.7 Å². The molecule has 0 spiro atoms. The van der Waals surface area contributed by atoms with Crippen LogP contribution in [0.1, 0.15) is 25.0 Å². The van der Waals surface area contributed by atoms with Gasteiger partial charge in [0.25, 0.3) is 0 Å². The molecule has 2 atom stereocenters. The van der Waals surface area contributed by atoms with E-state index in [1.807, 2.05) is 36.9 Å². The normalized spacial score (nSPS) is 21.1. The molecule has 1 aromatic carbocycles. The second-order valence-corrected chi connectivity index (χ2v) is 8.57. The van der Waals surface area contributed by atoms with Crippen LogP contribution < -0.4 is 20.4 Å². The third kappa shape index (κ3) is 6.11. The van der Waals surface area contributed by atoms with Gasteiger partial charge in [-0.2, -0.15) is 0 Å². The minimum Gasteiger partial charge on any atom is -0.378 e. The molecule has 8 nitrogen and oxygen atoms in total. The lowest BCUT2D eigenvalue weighted by molar-refractivity contribution is -0.00539. The summed E-state index contributed by atoms with van der Waals surface area (Å²) in [6.07, 6.45) is 1.87. The summed E-state index contributed by atoms with van der Waals surface area (Å²) in [5.74, 6) is 0.576. The predicted octanol–water partition coefficient (Wildman–Crippen LogP) is 2.67. The average molecular weight is 458 g/mol. The third-order valence-corrected chi connectivity index (χ3v) is 5.84. The van der Waals surface area contributed by atoms with Crippen LogP contribution in [0.3, 0.4) is 0 Å². The number of aromatic nitrogens is 1. The lowest BCUT2D eigenvalue weighted by Gasteiger charge is -2.37. The Morgan fingerprint density at radius 3 is 2.55 bits per heavy atom. The highest BCUT2D eigenvalue weighted by Crippen LogP contribution is 2.24. The Hall–Kier alpha value is -2.91. The molecule has 9 heteroatoms. The zero-order valence-electron chi connectivity index (χ0n) is 19.2. The summed E-state index contributed by atoms with van der Waals surface area (Å²) in [7, 11) is 0. The number of morpholine rings is 2. The molecule has 2 fully saturated rings. The van der Waals surface area contributed by atoms with Crippen molar-refractivity contribution in [1.29, 1.82) is 0 Å². The van der Waals surface area contributed by atoms with Crippen molar-refractivity contribution in [2.45, 2.75) is 39.1 Å². The molecule has 33 heavy (non-hydrogen) atoms. The molecule has 2 unspecified atom stereocenters. The van der Waals surface area contributed by atoms with E-state index in [0.29, 0.717) is 44.1 Å². The Morgan fingerprint density at radius 2 is 1.82 bits per heavy atom.